The van der Waals surface area contributed by atoms with Gasteiger partial charge in [-0.05, 0) is 42.9 Å². The van der Waals surface area contributed by atoms with Crippen LogP contribution >= 0.6 is 0 Å². The van der Waals surface area contributed by atoms with Gasteiger partial charge in [0.25, 0.3) is 5.82 Å². The lowest BCUT2D eigenvalue weighted by atomic mass is 9.97. The number of rotatable bonds is 4. The molecule has 0 bridgehead atoms. The van der Waals surface area contributed by atoms with Gasteiger partial charge in [-0.3, -0.25) is 4.79 Å². The van der Waals surface area contributed by atoms with Crippen molar-refractivity contribution in [3.63, 3.8) is 0 Å². The lowest BCUT2D eigenvalue weighted by molar-refractivity contribution is -0.122. The molecule has 1 amide bonds. The first-order valence-electron chi connectivity index (χ1n) is 7.48. The van der Waals surface area contributed by atoms with Crippen molar-refractivity contribution in [2.45, 2.75) is 37.8 Å². The topological polar surface area (TPSA) is 83.6 Å². The van der Waals surface area contributed by atoms with E-state index in [1.165, 1.54) is 17.1 Å². The van der Waals surface area contributed by atoms with Gasteiger partial charge in [0.15, 0.2) is 0 Å². The zero-order chi connectivity index (χ0) is 16.2. The molecule has 1 aromatic carbocycles. The fraction of sp³-hybridized carbons (Fsp3) is 0.375. The fourth-order valence-corrected chi connectivity index (χ4v) is 3.02. The Balaban J connectivity index is 1.53. The van der Waals surface area contributed by atoms with Crippen LogP contribution in [0.15, 0.2) is 30.6 Å². The number of nitrogens with one attached hydrogen (secondary N) is 1. The Bertz CT molecular complexity index is 751. The maximum atomic E-state index is 13.3. The quantitative estimate of drug-likeness (QED) is 0.932. The summed E-state index contributed by atoms with van der Waals surface area (Å²) >= 11 is 0. The van der Waals surface area contributed by atoms with E-state index in [1.54, 1.807) is 12.1 Å². The van der Waals surface area contributed by atoms with E-state index >= 15 is 0 Å². The van der Waals surface area contributed by atoms with Gasteiger partial charge in [-0.1, -0.05) is 12.1 Å². The number of aromatic nitrogens is 3. The number of amides is 1. The molecule has 1 aliphatic rings. The van der Waals surface area contributed by atoms with E-state index < -0.39 is 0 Å². The Morgan fingerprint density at radius 1 is 1.48 bits per heavy atom. The summed E-state index contributed by atoms with van der Waals surface area (Å²) in [5.41, 5.74) is 0.983. The minimum atomic E-state index is -0.227. The first-order valence-corrected chi connectivity index (χ1v) is 7.48. The SMILES string of the molecule is N#Cc1ncn(CC(=O)NC2CCC(c3cccc(F)c3)C2)n1. The summed E-state index contributed by atoms with van der Waals surface area (Å²) in [7, 11) is 0. The highest BCUT2D eigenvalue weighted by Gasteiger charge is 2.27. The lowest BCUT2D eigenvalue weighted by Crippen LogP contribution is -2.35. The molecular formula is C16H16FN5O. The van der Waals surface area contributed by atoms with Crippen LogP contribution in [0.1, 0.15) is 36.6 Å². The van der Waals surface area contributed by atoms with Crippen molar-refractivity contribution in [1.82, 2.24) is 20.1 Å². The van der Waals surface area contributed by atoms with E-state index in [9.17, 15) is 9.18 Å². The molecule has 23 heavy (non-hydrogen) atoms. The summed E-state index contributed by atoms with van der Waals surface area (Å²) in [5.74, 6) is -0.0730. The average molecular weight is 313 g/mol. The van der Waals surface area contributed by atoms with Gasteiger partial charge in [0.2, 0.25) is 5.91 Å². The average Bonchev–Trinajstić information content (AvgIpc) is 3.16. The van der Waals surface area contributed by atoms with Gasteiger partial charge in [0.1, 0.15) is 24.8 Å². The van der Waals surface area contributed by atoms with Gasteiger partial charge < -0.3 is 5.32 Å². The van der Waals surface area contributed by atoms with Crippen LogP contribution in [-0.4, -0.2) is 26.7 Å². The Morgan fingerprint density at radius 3 is 3.09 bits per heavy atom. The summed E-state index contributed by atoms with van der Waals surface area (Å²) in [6, 6.07) is 8.54. The van der Waals surface area contributed by atoms with E-state index in [0.717, 1.165) is 24.8 Å². The van der Waals surface area contributed by atoms with Gasteiger partial charge in [-0.25, -0.2) is 14.1 Å². The van der Waals surface area contributed by atoms with Crippen molar-refractivity contribution in [2.75, 3.05) is 0 Å². The monoisotopic (exact) mass is 313 g/mol. The third-order valence-electron chi connectivity index (χ3n) is 4.06. The number of nitriles is 1. The van der Waals surface area contributed by atoms with Crippen molar-refractivity contribution in [2.24, 2.45) is 0 Å². The van der Waals surface area contributed by atoms with Gasteiger partial charge in [0, 0.05) is 6.04 Å². The van der Waals surface area contributed by atoms with Gasteiger partial charge >= 0.3 is 0 Å². The van der Waals surface area contributed by atoms with E-state index in [1.807, 2.05) is 12.1 Å². The van der Waals surface area contributed by atoms with Crippen molar-refractivity contribution < 1.29 is 9.18 Å². The first kappa shape index (κ1) is 15.2. The number of halogens is 1. The maximum absolute atomic E-state index is 13.3. The van der Waals surface area contributed by atoms with Crippen molar-refractivity contribution in [1.29, 1.82) is 5.26 Å². The predicted octanol–water partition coefficient (Wildman–Crippen LogP) is 1.74. The number of hydrogen-bond donors (Lipinski definition) is 1. The summed E-state index contributed by atoms with van der Waals surface area (Å²) < 4.78 is 14.6. The second kappa shape index (κ2) is 6.57. The first-order chi connectivity index (χ1) is 11.1. The molecule has 1 saturated carbocycles. The van der Waals surface area contributed by atoms with Crippen molar-refractivity contribution in [3.8, 4) is 6.07 Å². The summed E-state index contributed by atoms with van der Waals surface area (Å²) in [5, 5.41) is 15.5. The summed E-state index contributed by atoms with van der Waals surface area (Å²) in [6.45, 7) is 0.0375. The third kappa shape index (κ3) is 3.72. The van der Waals surface area contributed by atoms with Crippen LogP contribution in [0.25, 0.3) is 0 Å². The maximum Gasteiger partial charge on any atom is 0.252 e. The normalized spacial score (nSPS) is 20.2. The molecule has 3 rings (SSSR count). The number of carbonyl (C=O) groups is 1. The lowest BCUT2D eigenvalue weighted by Gasteiger charge is -2.14. The molecule has 0 radical (unpaired) electrons. The van der Waals surface area contributed by atoms with Gasteiger partial charge in [-0.15, -0.1) is 5.10 Å². The van der Waals surface area contributed by atoms with Crippen LogP contribution in [0.4, 0.5) is 4.39 Å². The smallest absolute Gasteiger partial charge is 0.252 e. The van der Waals surface area contributed by atoms with E-state index in [2.05, 4.69) is 15.4 Å². The molecule has 1 aliphatic carbocycles. The van der Waals surface area contributed by atoms with E-state index in [4.69, 9.17) is 5.26 Å². The molecule has 0 aliphatic heterocycles. The van der Waals surface area contributed by atoms with Crippen LogP contribution in [0.2, 0.25) is 0 Å². The molecule has 2 aromatic rings. The zero-order valence-corrected chi connectivity index (χ0v) is 12.4. The highest BCUT2D eigenvalue weighted by molar-refractivity contribution is 5.76. The standard InChI is InChI=1S/C16H16FN5O/c17-13-3-1-2-11(6-13)12-4-5-14(7-12)20-16(23)9-22-10-19-15(8-18)21-22/h1-3,6,10,12,14H,4-5,7,9H2,(H,20,23). The van der Waals surface area contributed by atoms with Crippen LogP contribution in [0.5, 0.6) is 0 Å². The summed E-state index contributed by atoms with van der Waals surface area (Å²) in [4.78, 5) is 15.8. The number of hydrogen-bond acceptors (Lipinski definition) is 4. The molecule has 0 spiro atoms. The minimum absolute atomic E-state index is 0.0375. The van der Waals surface area contributed by atoms with Crippen LogP contribution in [0.3, 0.4) is 0 Å². The van der Waals surface area contributed by atoms with Crippen LogP contribution in [0, 0.1) is 17.1 Å². The Morgan fingerprint density at radius 2 is 2.35 bits per heavy atom. The third-order valence-corrected chi connectivity index (χ3v) is 4.06. The Labute approximate surface area is 132 Å². The molecular weight excluding hydrogens is 297 g/mol. The molecule has 2 unspecified atom stereocenters. The molecule has 0 saturated heterocycles. The van der Waals surface area contributed by atoms with Gasteiger partial charge in [-0.2, -0.15) is 5.26 Å². The van der Waals surface area contributed by atoms with Crippen LogP contribution < -0.4 is 5.32 Å². The Hall–Kier alpha value is -2.75. The molecule has 1 N–H and O–H groups in total. The Kier molecular flexibility index (Phi) is 4.33. The second-order valence-corrected chi connectivity index (χ2v) is 5.71. The highest BCUT2D eigenvalue weighted by atomic mass is 19.1. The predicted molar refractivity (Wildman–Crippen MR) is 79.7 cm³/mol. The molecule has 1 heterocycles. The fourth-order valence-electron chi connectivity index (χ4n) is 3.02. The molecule has 7 heteroatoms. The molecule has 2 atom stereocenters. The van der Waals surface area contributed by atoms with E-state index in [-0.39, 0.29) is 36.1 Å². The second-order valence-electron chi connectivity index (χ2n) is 5.71. The van der Waals surface area contributed by atoms with Crippen molar-refractivity contribution >= 4 is 5.91 Å². The number of carbonyl (C=O) groups excluding carboxylic acids is 1. The van der Waals surface area contributed by atoms with Crippen molar-refractivity contribution in [3.05, 3.63) is 47.8 Å². The zero-order valence-electron chi connectivity index (χ0n) is 12.4. The molecule has 6 nitrogen and oxygen atoms in total. The molecule has 1 aromatic heterocycles. The highest BCUT2D eigenvalue weighted by Crippen LogP contribution is 2.34. The largest absolute Gasteiger partial charge is 0.352 e. The van der Waals surface area contributed by atoms with E-state index in [0.29, 0.717) is 0 Å². The number of benzene rings is 1. The number of nitrogens with zero attached hydrogens (tertiary/aromatic N) is 4. The molecule has 1 fully saturated rings. The van der Waals surface area contributed by atoms with Crippen LogP contribution in [-0.2, 0) is 11.3 Å². The van der Waals surface area contributed by atoms with Gasteiger partial charge in [0.05, 0.1) is 0 Å². The minimum Gasteiger partial charge on any atom is -0.352 e. The molecule has 118 valence electrons. The summed E-state index contributed by atoms with van der Waals surface area (Å²) in [6.07, 6.45) is 3.96.